The van der Waals surface area contributed by atoms with Gasteiger partial charge in [-0.1, -0.05) is 68.8 Å². The molecule has 28 nitrogen and oxygen atoms in total. The second kappa shape index (κ2) is 36.3. The maximum absolute atomic E-state index is 12.6. The normalized spacial score (nSPS) is 20.2. The van der Waals surface area contributed by atoms with Crippen LogP contribution in [0, 0.1) is 0 Å². The van der Waals surface area contributed by atoms with Gasteiger partial charge in [0.2, 0.25) is 0 Å². The van der Waals surface area contributed by atoms with Crippen molar-refractivity contribution >= 4 is 83.6 Å². The Labute approximate surface area is 555 Å². The summed E-state index contributed by atoms with van der Waals surface area (Å²) in [5, 5.41) is 0. The molecule has 0 saturated heterocycles. The fourth-order valence-corrected chi connectivity index (χ4v) is 8.83. The highest BCUT2D eigenvalue weighted by atomic mass is 16.6. The summed E-state index contributed by atoms with van der Waals surface area (Å²) >= 11 is 0. The number of carbonyl (C=O) groups excluding carboxylic acids is 14. The first-order valence-corrected chi connectivity index (χ1v) is 30.3. The first-order valence-electron chi connectivity index (χ1n) is 30.3. The van der Waals surface area contributed by atoms with Gasteiger partial charge in [0.25, 0.3) is 0 Å². The van der Waals surface area contributed by atoms with Crippen LogP contribution < -0.4 is 0 Å². The summed E-state index contributed by atoms with van der Waals surface area (Å²) in [6, 6.07) is 5.21. The van der Waals surface area contributed by atoms with Crippen LogP contribution in [0.4, 0.5) is 0 Å². The molecule has 0 saturated carbocycles. The molecule has 0 aromatic heterocycles. The van der Waals surface area contributed by atoms with Crippen LogP contribution in [0.3, 0.4) is 0 Å². The van der Waals surface area contributed by atoms with E-state index in [1.54, 1.807) is 0 Å². The van der Waals surface area contributed by atoms with Crippen LogP contribution in [-0.4, -0.2) is 176 Å². The summed E-state index contributed by atoms with van der Waals surface area (Å²) in [6.45, 7) is -4.65. The molecule has 98 heavy (non-hydrogen) atoms. The molecule has 504 valence electrons. The van der Waals surface area contributed by atoms with Crippen LogP contribution in [0.15, 0.2) is 160 Å². The molecule has 14 bridgehead atoms. The van der Waals surface area contributed by atoms with E-state index in [2.05, 4.69) is 68.8 Å². The van der Waals surface area contributed by atoms with E-state index in [0.29, 0.717) is 0 Å². The molecule has 1 aromatic rings. The summed E-state index contributed by atoms with van der Waals surface area (Å²) in [4.78, 5) is 177. The number of hydrogen-bond donors (Lipinski definition) is 0. The number of fused-ring (bicyclic) bond motifs is 7. The van der Waals surface area contributed by atoms with Crippen LogP contribution >= 0.6 is 0 Å². The average Bonchev–Trinajstić information content (AvgIpc) is 1.01. The summed E-state index contributed by atoms with van der Waals surface area (Å²) in [7, 11) is 0. The Morgan fingerprint density at radius 1 is 0.153 bits per heavy atom. The zero-order valence-corrected chi connectivity index (χ0v) is 52.1. The Kier molecular flexibility index (Phi) is 26.5. The van der Waals surface area contributed by atoms with Crippen molar-refractivity contribution < 1.29 is 133 Å². The lowest BCUT2D eigenvalue weighted by Crippen LogP contribution is -2.19. The Hall–Kier alpha value is -12.4. The van der Waals surface area contributed by atoms with Gasteiger partial charge in [0, 0.05) is 0 Å². The monoisotopic (exact) mass is 1340 g/mol. The molecular formula is C70H56O28. The highest BCUT2D eigenvalue weighted by Gasteiger charge is 2.27. The fraction of sp³-hybridized carbons (Fsp3) is 0.371. The smallest absolute Gasteiger partial charge is 0.342 e. The molecule has 6 aliphatic carbocycles. The molecule has 0 spiro atoms. The third-order valence-electron chi connectivity index (χ3n) is 14.1. The van der Waals surface area contributed by atoms with E-state index in [1.165, 1.54) is 24.3 Å². The van der Waals surface area contributed by atoms with Gasteiger partial charge in [-0.05, 0) is 101 Å². The first kappa shape index (κ1) is 71.4. The van der Waals surface area contributed by atoms with E-state index >= 15 is 0 Å². The Bertz CT molecular complexity index is 3980. The second-order valence-electron chi connectivity index (χ2n) is 20.7. The highest BCUT2D eigenvalue weighted by molar-refractivity contribution is 5.97. The van der Waals surface area contributed by atoms with Gasteiger partial charge in [0.1, 0.15) is 92.5 Å². The lowest BCUT2D eigenvalue weighted by atomic mass is 10.0. The third kappa shape index (κ3) is 21.6. The topological polar surface area (TPSA) is 368 Å². The van der Waals surface area contributed by atoms with E-state index in [9.17, 15) is 67.1 Å². The van der Waals surface area contributed by atoms with Crippen molar-refractivity contribution in [1.29, 1.82) is 0 Å². The Balaban J connectivity index is 0.819. The van der Waals surface area contributed by atoms with Gasteiger partial charge in [-0.3, -0.25) is 0 Å². The van der Waals surface area contributed by atoms with E-state index < -0.39 is 83.6 Å². The Morgan fingerprint density at radius 2 is 0.245 bits per heavy atom. The van der Waals surface area contributed by atoms with Gasteiger partial charge >= 0.3 is 83.6 Å². The van der Waals surface area contributed by atoms with Crippen molar-refractivity contribution in [2.24, 2.45) is 0 Å². The summed E-state index contributed by atoms with van der Waals surface area (Å²) in [5.74, 6) is -11.1. The quantitative estimate of drug-likeness (QED) is 0.202. The molecule has 0 radical (unpaired) electrons. The minimum atomic E-state index is -0.793. The van der Waals surface area contributed by atoms with Gasteiger partial charge < -0.3 is 66.3 Å². The van der Waals surface area contributed by atoms with Crippen molar-refractivity contribution in [3.63, 3.8) is 0 Å². The summed E-state index contributed by atoms with van der Waals surface area (Å²) < 4.78 is 72.3. The minimum Gasteiger partial charge on any atom is -0.458 e. The summed E-state index contributed by atoms with van der Waals surface area (Å²) in [6.07, 6.45) is 0.488. The molecule has 0 N–H and O–H groups in total. The van der Waals surface area contributed by atoms with E-state index in [4.69, 9.17) is 66.3 Å². The molecule has 1 aromatic carbocycles. The van der Waals surface area contributed by atoms with Crippen molar-refractivity contribution in [1.82, 2.24) is 0 Å². The van der Waals surface area contributed by atoms with E-state index in [-0.39, 0.29) is 248 Å². The van der Waals surface area contributed by atoms with Crippen LogP contribution in [0.25, 0.3) is 0 Å². The molecule has 0 amide bonds. The third-order valence-corrected chi connectivity index (χ3v) is 14.1. The number of ether oxygens (including phenoxy) is 14. The van der Waals surface area contributed by atoms with Crippen molar-refractivity contribution in [3.8, 4) is 0 Å². The van der Waals surface area contributed by atoms with E-state index in [1.807, 2.05) is 0 Å². The van der Waals surface area contributed by atoms with Crippen LogP contribution in [0.5, 0.6) is 0 Å². The Morgan fingerprint density at radius 3 is 0.337 bits per heavy atom. The standard InChI is InChI=1S/C70H56O28/c71-57-43-1-2-44(4-3-43)58(72)86-31-32-88-60(74)46-9-11-48(12-10-46)62(76)90-35-36-92-64(78)50-17-19-52(20-18-50)66(80)94-39-40-96-68(82)54-25-27-56(28-26-54)70(84)98-42-41-97-69(83)55-23-21-53(22-24-55)67(81)95-38-37-93-65(79)51-15-13-49(14-16-51)63(77)91-34-33-89-61(75)47-7-5-45(6-8-47)59(73)87-30-29-85-57/h1-4H,5,7,9,11,13,15,17,19,21,23,25,27,29-42H2. The average molecular weight is 1350 g/mol. The predicted molar refractivity (Wildman–Crippen MR) is 318 cm³/mol. The van der Waals surface area contributed by atoms with Gasteiger partial charge in [-0.15, -0.1) is 0 Å². The summed E-state index contributed by atoms with van der Waals surface area (Å²) in [5.41, 5.74) is 31.6. The van der Waals surface area contributed by atoms with Crippen LogP contribution in [-0.2, 0) is 124 Å². The SMILES string of the molecule is O=C1OCCOC(=O)C2=C=C=C(CC2)C(=O)OCCOC(=O)C2=C=C=C(CC2)C(=O)OCCOC(=O)C2=C=C=C(CC2)C(=O)OCCOC(=O)c2ccc(cc2)C(=O)OCCOC(=O)C2=C=C=C(CC2)C(=O)OCCOC(=O)C2=C=C=C(CC2)C(=O)OCCOC(=O)C2=C=C=C1CC2. The maximum atomic E-state index is 12.6. The molecule has 8 heterocycles. The zero-order valence-electron chi connectivity index (χ0n) is 52.1. The van der Waals surface area contributed by atoms with Crippen LogP contribution in [0.1, 0.15) is 97.8 Å². The molecule has 14 aliphatic rings. The second-order valence-corrected chi connectivity index (χ2v) is 20.7. The van der Waals surface area contributed by atoms with Gasteiger partial charge in [0.15, 0.2) is 0 Å². The van der Waals surface area contributed by atoms with Crippen LogP contribution in [0.2, 0.25) is 0 Å². The molecule has 15 rings (SSSR count). The lowest BCUT2D eigenvalue weighted by Gasteiger charge is -2.12. The van der Waals surface area contributed by atoms with E-state index in [0.717, 1.165) is 0 Å². The van der Waals surface area contributed by atoms with Gasteiger partial charge in [-0.2, -0.15) is 0 Å². The maximum Gasteiger partial charge on any atom is 0.342 e. The number of benzene rings is 1. The number of hydrogen-bond acceptors (Lipinski definition) is 28. The van der Waals surface area contributed by atoms with Crippen molar-refractivity contribution in [2.45, 2.75) is 77.0 Å². The first-order chi connectivity index (χ1) is 47.4. The molecule has 8 aliphatic heterocycles. The van der Waals surface area contributed by atoms with Gasteiger partial charge in [-0.25, -0.2) is 67.1 Å². The molecule has 0 fully saturated rings. The molecule has 0 unspecified atom stereocenters. The van der Waals surface area contributed by atoms with Crippen molar-refractivity contribution in [3.05, 3.63) is 171 Å². The zero-order chi connectivity index (χ0) is 69.8. The largest absolute Gasteiger partial charge is 0.458 e. The van der Waals surface area contributed by atoms with Crippen molar-refractivity contribution in [2.75, 3.05) is 92.5 Å². The molecule has 0 atom stereocenters. The predicted octanol–water partition coefficient (Wildman–Crippen LogP) is 3.94. The van der Waals surface area contributed by atoms with Gasteiger partial charge in [0.05, 0.1) is 78.0 Å². The number of carbonyl (C=O) groups is 14. The number of rotatable bonds is 0. The molecule has 28 heteroatoms. The number of esters is 14. The fourth-order valence-electron chi connectivity index (χ4n) is 8.83. The highest BCUT2D eigenvalue weighted by Crippen LogP contribution is 2.23. The molecular weight excluding hydrogens is 1290 g/mol. The minimum absolute atomic E-state index is 0.0407. The lowest BCUT2D eigenvalue weighted by molar-refractivity contribution is -0.148.